The third kappa shape index (κ3) is 3.55. The predicted octanol–water partition coefficient (Wildman–Crippen LogP) is 2.64. The molecular weight excluding hydrogens is 263 g/mol. The van der Waals surface area contributed by atoms with Crippen molar-refractivity contribution in [2.75, 3.05) is 6.61 Å². The number of ether oxygens (including phenoxy) is 1. The lowest BCUT2D eigenvalue weighted by Crippen LogP contribution is -2.10. The Bertz CT molecular complexity index is 598. The topological polar surface area (TPSA) is 66.8 Å². The summed E-state index contributed by atoms with van der Waals surface area (Å²) in [7, 11) is 0. The second kappa shape index (κ2) is 6.16. The first-order chi connectivity index (χ1) is 9.56. The molecule has 0 aliphatic carbocycles. The average Bonchev–Trinajstić information content (AvgIpc) is 2.45. The number of hydrogen-bond donors (Lipinski definition) is 2. The smallest absolute Gasteiger partial charge is 0.335 e. The average molecular weight is 276 g/mol. The number of rotatable bonds is 5. The molecule has 0 aliphatic rings. The molecule has 2 N–H and O–H groups in total. The van der Waals surface area contributed by atoms with E-state index in [0.717, 1.165) is 12.1 Å². The lowest BCUT2D eigenvalue weighted by molar-refractivity contribution is 0.0695. The fourth-order valence-electron chi connectivity index (χ4n) is 1.72. The molecule has 0 bridgehead atoms. The van der Waals surface area contributed by atoms with Gasteiger partial charge >= 0.3 is 5.97 Å². The molecule has 0 spiro atoms. The number of hydrogen-bond acceptors (Lipinski definition) is 3. The van der Waals surface area contributed by atoms with E-state index in [1.54, 1.807) is 24.3 Å². The Morgan fingerprint density at radius 1 is 1.20 bits per heavy atom. The molecule has 2 aromatic rings. The number of benzene rings is 2. The van der Waals surface area contributed by atoms with E-state index in [0.29, 0.717) is 5.56 Å². The first kappa shape index (κ1) is 14.0. The Kier molecular flexibility index (Phi) is 4.32. The van der Waals surface area contributed by atoms with Gasteiger partial charge in [-0.25, -0.2) is 9.18 Å². The van der Waals surface area contributed by atoms with Crippen molar-refractivity contribution in [3.63, 3.8) is 0 Å². The molecule has 0 heterocycles. The lowest BCUT2D eigenvalue weighted by Gasteiger charge is -2.13. The predicted molar refractivity (Wildman–Crippen MR) is 70.3 cm³/mol. The third-order valence-electron chi connectivity index (χ3n) is 2.71. The summed E-state index contributed by atoms with van der Waals surface area (Å²) >= 11 is 0. The first-order valence-corrected chi connectivity index (χ1v) is 5.96. The van der Waals surface area contributed by atoms with E-state index in [2.05, 4.69) is 0 Å². The van der Waals surface area contributed by atoms with Crippen molar-refractivity contribution in [3.8, 4) is 5.75 Å². The van der Waals surface area contributed by atoms with Crippen molar-refractivity contribution in [3.05, 3.63) is 65.5 Å². The molecule has 0 radical (unpaired) electrons. The summed E-state index contributed by atoms with van der Waals surface area (Å²) in [4.78, 5) is 10.8. The summed E-state index contributed by atoms with van der Waals surface area (Å²) in [6.07, 6.45) is -0.868. The van der Waals surface area contributed by atoms with E-state index in [1.165, 1.54) is 6.07 Å². The zero-order chi connectivity index (χ0) is 14.5. The maximum Gasteiger partial charge on any atom is 0.335 e. The zero-order valence-corrected chi connectivity index (χ0v) is 10.5. The molecule has 0 aliphatic heterocycles. The highest BCUT2D eigenvalue weighted by Gasteiger charge is 2.11. The largest absolute Gasteiger partial charge is 0.490 e. The molecule has 0 fully saturated rings. The highest BCUT2D eigenvalue weighted by Crippen LogP contribution is 2.19. The zero-order valence-electron chi connectivity index (χ0n) is 10.5. The van der Waals surface area contributed by atoms with Crippen LogP contribution in [0.2, 0.25) is 0 Å². The van der Waals surface area contributed by atoms with E-state index in [9.17, 15) is 14.3 Å². The van der Waals surface area contributed by atoms with E-state index in [-0.39, 0.29) is 17.9 Å². The van der Waals surface area contributed by atoms with Gasteiger partial charge in [-0.1, -0.05) is 30.3 Å². The molecule has 1 atom stereocenters. The number of carboxylic acids is 1. The fraction of sp³-hybridized carbons (Fsp3) is 0.133. The van der Waals surface area contributed by atoms with Crippen molar-refractivity contribution >= 4 is 5.97 Å². The minimum atomic E-state index is -1.24. The van der Waals surface area contributed by atoms with Gasteiger partial charge in [-0.3, -0.25) is 0 Å². The molecule has 0 saturated heterocycles. The van der Waals surface area contributed by atoms with Crippen LogP contribution in [-0.4, -0.2) is 22.8 Å². The van der Waals surface area contributed by atoms with Gasteiger partial charge in [-0.15, -0.1) is 0 Å². The first-order valence-electron chi connectivity index (χ1n) is 5.96. The summed E-state index contributed by atoms with van der Waals surface area (Å²) in [5, 5.41) is 18.7. The van der Waals surface area contributed by atoms with Gasteiger partial charge in [0.1, 0.15) is 24.3 Å². The molecule has 104 valence electrons. The number of aliphatic hydroxyl groups excluding tert-OH is 1. The monoisotopic (exact) mass is 276 g/mol. The van der Waals surface area contributed by atoms with E-state index in [1.807, 2.05) is 6.07 Å². The summed E-state index contributed by atoms with van der Waals surface area (Å²) in [5.74, 6) is -1.87. The Morgan fingerprint density at radius 3 is 2.55 bits per heavy atom. The van der Waals surface area contributed by atoms with E-state index < -0.39 is 17.9 Å². The van der Waals surface area contributed by atoms with Crippen molar-refractivity contribution < 1.29 is 24.1 Å². The highest BCUT2D eigenvalue weighted by molar-refractivity contribution is 5.88. The van der Waals surface area contributed by atoms with Gasteiger partial charge in [0.25, 0.3) is 0 Å². The molecule has 20 heavy (non-hydrogen) atoms. The molecule has 0 aromatic heterocycles. The number of carboxylic acid groups (broad SMARTS) is 1. The Labute approximate surface area is 115 Å². The van der Waals surface area contributed by atoms with Crippen LogP contribution in [0.5, 0.6) is 5.75 Å². The fourth-order valence-corrected chi connectivity index (χ4v) is 1.72. The van der Waals surface area contributed by atoms with Crippen molar-refractivity contribution in [1.82, 2.24) is 0 Å². The highest BCUT2D eigenvalue weighted by atomic mass is 19.1. The van der Waals surface area contributed by atoms with Gasteiger partial charge in [0.2, 0.25) is 0 Å². The summed E-state index contributed by atoms with van der Waals surface area (Å²) in [6, 6.07) is 12.1. The number of halogens is 1. The maximum atomic E-state index is 13.2. The second-order valence-corrected chi connectivity index (χ2v) is 4.22. The molecule has 0 saturated carbocycles. The van der Waals surface area contributed by atoms with Crippen LogP contribution < -0.4 is 4.74 Å². The Hall–Kier alpha value is -2.40. The van der Waals surface area contributed by atoms with Crippen LogP contribution in [0.4, 0.5) is 4.39 Å². The summed E-state index contributed by atoms with van der Waals surface area (Å²) < 4.78 is 18.5. The summed E-state index contributed by atoms with van der Waals surface area (Å²) in [6.45, 7) is -0.0907. The third-order valence-corrected chi connectivity index (χ3v) is 2.71. The van der Waals surface area contributed by atoms with Crippen molar-refractivity contribution in [1.29, 1.82) is 0 Å². The molecule has 2 rings (SSSR count). The quantitative estimate of drug-likeness (QED) is 0.881. The van der Waals surface area contributed by atoms with Gasteiger partial charge < -0.3 is 14.9 Å². The molecule has 0 amide bonds. The van der Waals surface area contributed by atoms with Crippen LogP contribution in [0.15, 0.2) is 48.5 Å². The van der Waals surface area contributed by atoms with Crippen LogP contribution >= 0.6 is 0 Å². The van der Waals surface area contributed by atoms with E-state index in [4.69, 9.17) is 9.84 Å². The minimum absolute atomic E-state index is 0.0670. The number of aromatic carboxylic acids is 1. The Balaban J connectivity index is 2.06. The van der Waals surface area contributed by atoms with Crippen LogP contribution in [0.25, 0.3) is 0 Å². The summed E-state index contributed by atoms with van der Waals surface area (Å²) in [5.41, 5.74) is 0.469. The van der Waals surface area contributed by atoms with Crippen LogP contribution in [-0.2, 0) is 0 Å². The van der Waals surface area contributed by atoms with Crippen LogP contribution in [0, 0.1) is 5.82 Å². The van der Waals surface area contributed by atoms with Crippen molar-refractivity contribution in [2.24, 2.45) is 0 Å². The molecule has 4 nitrogen and oxygen atoms in total. The molecular formula is C15H13FO4. The molecule has 5 heteroatoms. The van der Waals surface area contributed by atoms with Crippen LogP contribution in [0.3, 0.4) is 0 Å². The van der Waals surface area contributed by atoms with Crippen LogP contribution in [0.1, 0.15) is 22.0 Å². The Morgan fingerprint density at radius 2 is 1.90 bits per heavy atom. The SMILES string of the molecule is O=C(O)c1cc(F)cc(OCC(O)c2ccccc2)c1. The van der Waals surface area contributed by atoms with Gasteiger partial charge in [-0.2, -0.15) is 0 Å². The van der Waals surface area contributed by atoms with Gasteiger partial charge in [0, 0.05) is 6.07 Å². The van der Waals surface area contributed by atoms with E-state index >= 15 is 0 Å². The molecule has 1 unspecified atom stereocenters. The number of carbonyl (C=O) groups is 1. The van der Waals surface area contributed by atoms with Gasteiger partial charge in [0.05, 0.1) is 5.56 Å². The van der Waals surface area contributed by atoms with Gasteiger partial charge in [-0.05, 0) is 17.7 Å². The maximum absolute atomic E-state index is 13.2. The molecule has 2 aromatic carbocycles. The number of aliphatic hydroxyl groups is 1. The minimum Gasteiger partial charge on any atom is -0.490 e. The standard InChI is InChI=1S/C15H13FO4/c16-12-6-11(15(18)19)7-13(8-12)20-9-14(17)10-4-2-1-3-5-10/h1-8,14,17H,9H2,(H,18,19). The van der Waals surface area contributed by atoms with Crippen molar-refractivity contribution in [2.45, 2.75) is 6.10 Å². The normalized spacial score (nSPS) is 11.9. The lowest BCUT2D eigenvalue weighted by atomic mass is 10.1. The second-order valence-electron chi connectivity index (χ2n) is 4.22. The van der Waals surface area contributed by atoms with Gasteiger partial charge in [0.15, 0.2) is 0 Å².